The van der Waals surface area contributed by atoms with Crippen molar-refractivity contribution < 1.29 is 14.3 Å². The molecule has 17 heavy (non-hydrogen) atoms. The summed E-state index contributed by atoms with van der Waals surface area (Å²) in [7, 11) is 0. The molecule has 0 unspecified atom stereocenters. The number of nitrogens with one attached hydrogen (secondary N) is 1. The van der Waals surface area contributed by atoms with Crippen molar-refractivity contribution in [3.63, 3.8) is 0 Å². The molecule has 6 nitrogen and oxygen atoms in total. The summed E-state index contributed by atoms with van der Waals surface area (Å²) in [4.78, 5) is 26.6. The number of amides is 1. The van der Waals surface area contributed by atoms with Crippen LogP contribution in [0.1, 0.15) is 17.3 Å². The molecule has 0 radical (unpaired) electrons. The van der Waals surface area contributed by atoms with Gasteiger partial charge >= 0.3 is 5.97 Å². The number of carbonyl (C=O) groups excluding carboxylic acids is 2. The third kappa shape index (κ3) is 3.57. The van der Waals surface area contributed by atoms with Crippen molar-refractivity contribution in [2.24, 2.45) is 0 Å². The fourth-order valence-corrected chi connectivity index (χ4v) is 1.08. The second-order valence-corrected chi connectivity index (χ2v) is 3.03. The predicted molar refractivity (Wildman–Crippen MR) is 57.7 cm³/mol. The average Bonchev–Trinajstić information content (AvgIpc) is 2.37. The first kappa shape index (κ1) is 12.6. The smallest absolute Gasteiger partial charge is 0.343 e. The highest BCUT2D eigenvalue weighted by molar-refractivity contribution is 5.97. The predicted octanol–water partition coefficient (Wildman–Crippen LogP) is 0.267. The molecule has 0 spiro atoms. The minimum absolute atomic E-state index is 0.153. The van der Waals surface area contributed by atoms with Crippen molar-refractivity contribution >= 4 is 11.9 Å². The fourth-order valence-electron chi connectivity index (χ4n) is 1.08. The molecule has 1 amide bonds. The zero-order valence-corrected chi connectivity index (χ0v) is 9.21. The molecule has 6 heteroatoms. The van der Waals surface area contributed by atoms with Gasteiger partial charge in [-0.2, -0.15) is 5.26 Å². The second kappa shape index (κ2) is 6.23. The highest BCUT2D eigenvalue weighted by Gasteiger charge is 2.21. The Morgan fingerprint density at radius 3 is 2.94 bits per heavy atom. The molecule has 88 valence electrons. The van der Waals surface area contributed by atoms with Crippen molar-refractivity contribution in [2.75, 3.05) is 6.61 Å². The topological polar surface area (TPSA) is 92.1 Å². The molecule has 1 aromatic rings. The minimum atomic E-state index is -1.30. The molecule has 0 aromatic carbocycles. The number of ether oxygens (including phenoxy) is 1. The largest absolute Gasteiger partial charge is 0.464 e. The van der Waals surface area contributed by atoms with Crippen LogP contribution in [0.3, 0.4) is 0 Å². The Kier molecular flexibility index (Phi) is 4.63. The van der Waals surface area contributed by atoms with E-state index >= 15 is 0 Å². The Balaban J connectivity index is 2.67. The van der Waals surface area contributed by atoms with Gasteiger partial charge in [-0.15, -0.1) is 0 Å². The van der Waals surface area contributed by atoms with Crippen LogP contribution in [0, 0.1) is 11.3 Å². The van der Waals surface area contributed by atoms with Gasteiger partial charge in [0.15, 0.2) is 0 Å². The normalized spacial score (nSPS) is 11.1. The molecule has 0 aliphatic rings. The zero-order valence-electron chi connectivity index (χ0n) is 9.21. The lowest BCUT2D eigenvalue weighted by molar-refractivity contribution is -0.143. The Morgan fingerprint density at radius 2 is 2.41 bits per heavy atom. The summed E-state index contributed by atoms with van der Waals surface area (Å²) in [5, 5.41) is 11.0. The zero-order chi connectivity index (χ0) is 12.7. The van der Waals surface area contributed by atoms with E-state index in [1.807, 2.05) is 0 Å². The van der Waals surface area contributed by atoms with Crippen molar-refractivity contribution in [3.8, 4) is 6.07 Å². The second-order valence-electron chi connectivity index (χ2n) is 3.03. The lowest BCUT2D eigenvalue weighted by Crippen LogP contribution is -2.40. The van der Waals surface area contributed by atoms with E-state index in [0.29, 0.717) is 0 Å². The van der Waals surface area contributed by atoms with Gasteiger partial charge in [-0.3, -0.25) is 9.78 Å². The van der Waals surface area contributed by atoms with Crippen molar-refractivity contribution in [1.29, 1.82) is 5.26 Å². The van der Waals surface area contributed by atoms with Gasteiger partial charge in [-0.05, 0) is 19.1 Å². The summed E-state index contributed by atoms with van der Waals surface area (Å²) < 4.78 is 4.64. The first-order valence-electron chi connectivity index (χ1n) is 4.96. The standard InChI is InChI=1S/C11H11N3O3/c1-2-17-11(16)9(6-12)14-10(15)8-4-3-5-13-7-8/h3-5,7,9H,2H2,1H3,(H,14,15)/t9-/m1/s1. The first-order valence-corrected chi connectivity index (χ1v) is 4.96. The number of nitrogens with zero attached hydrogens (tertiary/aromatic N) is 2. The maximum absolute atomic E-state index is 11.6. The summed E-state index contributed by atoms with van der Waals surface area (Å²) in [6.45, 7) is 1.77. The van der Waals surface area contributed by atoms with Gasteiger partial charge in [0, 0.05) is 12.4 Å². The number of aromatic nitrogens is 1. The number of carbonyl (C=O) groups is 2. The van der Waals surface area contributed by atoms with Crippen LogP contribution in [-0.2, 0) is 9.53 Å². The Bertz CT molecular complexity index is 439. The van der Waals surface area contributed by atoms with E-state index < -0.39 is 17.9 Å². The molecule has 1 atom stereocenters. The highest BCUT2D eigenvalue weighted by atomic mass is 16.5. The molecule has 0 bridgehead atoms. The van der Waals surface area contributed by atoms with E-state index in [1.165, 1.54) is 18.5 Å². The number of esters is 1. The van der Waals surface area contributed by atoms with Gasteiger partial charge in [-0.25, -0.2) is 4.79 Å². The summed E-state index contributed by atoms with van der Waals surface area (Å²) >= 11 is 0. The Hall–Kier alpha value is -2.42. The molecule has 1 aromatic heterocycles. The summed E-state index contributed by atoms with van der Waals surface area (Å²) in [5.41, 5.74) is 0.275. The molecule has 0 saturated heterocycles. The van der Waals surface area contributed by atoms with Crippen LogP contribution in [0.2, 0.25) is 0 Å². The van der Waals surface area contributed by atoms with E-state index in [4.69, 9.17) is 5.26 Å². The van der Waals surface area contributed by atoms with Gasteiger partial charge in [0.1, 0.15) is 0 Å². The van der Waals surface area contributed by atoms with Crippen LogP contribution >= 0.6 is 0 Å². The molecule has 1 rings (SSSR count). The molecule has 0 saturated carbocycles. The third-order valence-corrected chi connectivity index (χ3v) is 1.85. The molecule has 0 aliphatic carbocycles. The van der Waals surface area contributed by atoms with Gasteiger partial charge in [0.25, 0.3) is 5.91 Å². The summed E-state index contributed by atoms with van der Waals surface area (Å²) in [6, 6.07) is 3.47. The minimum Gasteiger partial charge on any atom is -0.464 e. The van der Waals surface area contributed by atoms with Gasteiger partial charge in [0.05, 0.1) is 18.2 Å². The molecular weight excluding hydrogens is 222 g/mol. The third-order valence-electron chi connectivity index (χ3n) is 1.85. The summed E-state index contributed by atoms with van der Waals surface area (Å²) in [6.07, 6.45) is 2.86. The average molecular weight is 233 g/mol. The van der Waals surface area contributed by atoms with Gasteiger partial charge in [0.2, 0.25) is 6.04 Å². The van der Waals surface area contributed by atoms with E-state index in [2.05, 4.69) is 15.0 Å². The number of hydrogen-bond donors (Lipinski definition) is 1. The molecule has 1 heterocycles. The van der Waals surface area contributed by atoms with Crippen LogP contribution in [0.4, 0.5) is 0 Å². The van der Waals surface area contributed by atoms with Crippen LogP contribution in [-0.4, -0.2) is 29.5 Å². The SMILES string of the molecule is CCOC(=O)[C@@H](C#N)NC(=O)c1cccnc1. The van der Waals surface area contributed by atoms with Crippen molar-refractivity contribution in [2.45, 2.75) is 13.0 Å². The number of rotatable bonds is 4. The van der Waals surface area contributed by atoms with Crippen LogP contribution in [0.25, 0.3) is 0 Å². The van der Waals surface area contributed by atoms with Crippen molar-refractivity contribution in [1.82, 2.24) is 10.3 Å². The van der Waals surface area contributed by atoms with Gasteiger partial charge < -0.3 is 10.1 Å². The summed E-state index contributed by atoms with van der Waals surface area (Å²) in [5.74, 6) is -1.31. The quantitative estimate of drug-likeness (QED) is 0.753. The van der Waals surface area contributed by atoms with Gasteiger partial charge in [-0.1, -0.05) is 0 Å². The van der Waals surface area contributed by atoms with E-state index in [1.54, 1.807) is 19.1 Å². The Morgan fingerprint density at radius 1 is 1.65 bits per heavy atom. The molecule has 0 fully saturated rings. The van der Waals surface area contributed by atoms with E-state index in [0.717, 1.165) is 0 Å². The number of nitriles is 1. The first-order chi connectivity index (χ1) is 8.19. The number of pyridine rings is 1. The monoisotopic (exact) mass is 233 g/mol. The maximum Gasteiger partial charge on any atom is 0.343 e. The van der Waals surface area contributed by atoms with Crippen LogP contribution in [0.5, 0.6) is 0 Å². The molecule has 1 N–H and O–H groups in total. The van der Waals surface area contributed by atoms with Crippen LogP contribution < -0.4 is 5.32 Å². The van der Waals surface area contributed by atoms with Crippen LogP contribution in [0.15, 0.2) is 24.5 Å². The molecule has 0 aliphatic heterocycles. The highest BCUT2D eigenvalue weighted by Crippen LogP contribution is 1.97. The van der Waals surface area contributed by atoms with E-state index in [9.17, 15) is 9.59 Å². The lowest BCUT2D eigenvalue weighted by atomic mass is 10.2. The lowest BCUT2D eigenvalue weighted by Gasteiger charge is -2.10. The van der Waals surface area contributed by atoms with E-state index in [-0.39, 0.29) is 12.2 Å². The van der Waals surface area contributed by atoms with Crippen molar-refractivity contribution in [3.05, 3.63) is 30.1 Å². The fraction of sp³-hybridized carbons (Fsp3) is 0.273. The Labute approximate surface area is 98.2 Å². The number of hydrogen-bond acceptors (Lipinski definition) is 5. The molecular formula is C11H11N3O3. The maximum atomic E-state index is 11.6.